The first-order valence-corrected chi connectivity index (χ1v) is 5.32. The lowest BCUT2D eigenvalue weighted by Crippen LogP contribution is -2.46. The fourth-order valence-corrected chi connectivity index (χ4v) is 1.03. The molecule has 0 radical (unpaired) electrons. The molecule has 0 aromatic heterocycles. The molecule has 7 heteroatoms. The van der Waals surface area contributed by atoms with Gasteiger partial charge in [-0.15, -0.1) is 0 Å². The highest BCUT2D eigenvalue weighted by Crippen LogP contribution is 1.98. The number of aliphatic carboxylic acids is 2. The summed E-state index contributed by atoms with van der Waals surface area (Å²) in [7, 11) is 0. The molecule has 0 unspecified atom stereocenters. The van der Waals surface area contributed by atoms with Crippen molar-refractivity contribution in [2.24, 2.45) is 5.92 Å². The lowest BCUT2D eigenvalue weighted by atomic mass is 10.1. The number of nitrogens with one attached hydrogen (secondary N) is 2. The maximum Gasteiger partial charge on any atom is 0.326 e. The van der Waals surface area contributed by atoms with Crippen molar-refractivity contribution in [3.05, 3.63) is 0 Å². The van der Waals surface area contributed by atoms with Crippen molar-refractivity contribution in [2.45, 2.75) is 32.7 Å². The van der Waals surface area contributed by atoms with Gasteiger partial charge in [-0.3, -0.25) is 4.79 Å². The smallest absolute Gasteiger partial charge is 0.326 e. The van der Waals surface area contributed by atoms with Crippen molar-refractivity contribution in [1.82, 2.24) is 10.6 Å². The van der Waals surface area contributed by atoms with E-state index in [1.54, 1.807) is 0 Å². The molecule has 0 aliphatic heterocycles. The van der Waals surface area contributed by atoms with Gasteiger partial charge in [-0.25, -0.2) is 9.59 Å². The summed E-state index contributed by atoms with van der Waals surface area (Å²) in [6.07, 6.45) is -0.443. The van der Waals surface area contributed by atoms with Crippen molar-refractivity contribution in [3.8, 4) is 0 Å². The van der Waals surface area contributed by atoms with Crippen molar-refractivity contribution in [2.75, 3.05) is 6.54 Å². The van der Waals surface area contributed by atoms with E-state index < -0.39 is 24.0 Å². The van der Waals surface area contributed by atoms with Gasteiger partial charge in [0, 0.05) is 13.0 Å². The van der Waals surface area contributed by atoms with Crippen LogP contribution in [0.15, 0.2) is 0 Å². The Morgan fingerprint density at radius 1 is 1.18 bits per heavy atom. The summed E-state index contributed by atoms with van der Waals surface area (Å²) in [5, 5.41) is 21.9. The van der Waals surface area contributed by atoms with E-state index in [2.05, 4.69) is 10.6 Å². The molecule has 0 aliphatic carbocycles. The fourth-order valence-electron chi connectivity index (χ4n) is 1.03. The Balaban J connectivity index is 4.11. The summed E-state index contributed by atoms with van der Waals surface area (Å²) in [6.45, 7) is 4.23. The van der Waals surface area contributed by atoms with E-state index in [1.165, 1.54) is 0 Å². The van der Waals surface area contributed by atoms with Gasteiger partial charge < -0.3 is 20.8 Å². The second-order valence-corrected chi connectivity index (χ2v) is 4.07. The van der Waals surface area contributed by atoms with Crippen LogP contribution in [0.4, 0.5) is 4.79 Å². The van der Waals surface area contributed by atoms with Gasteiger partial charge in [-0.1, -0.05) is 13.8 Å². The van der Waals surface area contributed by atoms with E-state index in [1.807, 2.05) is 13.8 Å². The van der Waals surface area contributed by atoms with Gasteiger partial charge in [0.25, 0.3) is 0 Å². The van der Waals surface area contributed by atoms with Gasteiger partial charge in [0.2, 0.25) is 0 Å². The van der Waals surface area contributed by atoms with E-state index in [0.717, 1.165) is 0 Å². The number of carbonyl (C=O) groups is 3. The highest BCUT2D eigenvalue weighted by atomic mass is 16.4. The van der Waals surface area contributed by atoms with E-state index in [9.17, 15) is 14.4 Å². The number of carbonyl (C=O) groups excluding carboxylic acids is 1. The molecule has 0 bridgehead atoms. The van der Waals surface area contributed by atoms with Crippen molar-refractivity contribution in [1.29, 1.82) is 0 Å². The standard InChI is InChI=1S/C10H18N2O5/c1-6(2)5-11-10(17)12-7(9(15)16)3-4-8(13)14/h6-7H,3-5H2,1-2H3,(H,13,14)(H,15,16)(H2,11,12,17)/t7-/m0/s1. The lowest BCUT2D eigenvalue weighted by molar-refractivity contribution is -0.140. The second kappa shape index (κ2) is 7.48. The zero-order valence-corrected chi connectivity index (χ0v) is 9.90. The Bertz CT molecular complexity index is 290. The first-order valence-electron chi connectivity index (χ1n) is 5.32. The first-order chi connectivity index (χ1) is 7.82. The molecule has 0 aromatic carbocycles. The Kier molecular flexibility index (Phi) is 6.69. The van der Waals surface area contributed by atoms with Crippen molar-refractivity contribution < 1.29 is 24.6 Å². The highest BCUT2D eigenvalue weighted by molar-refractivity contribution is 5.82. The third kappa shape index (κ3) is 8.06. The molecule has 4 N–H and O–H groups in total. The average molecular weight is 246 g/mol. The molecule has 0 aliphatic rings. The molecule has 0 saturated carbocycles. The molecule has 2 amide bonds. The largest absolute Gasteiger partial charge is 0.481 e. The van der Waals surface area contributed by atoms with Crippen molar-refractivity contribution >= 4 is 18.0 Å². The van der Waals surface area contributed by atoms with Crippen LogP contribution in [0.2, 0.25) is 0 Å². The van der Waals surface area contributed by atoms with E-state index in [-0.39, 0.29) is 18.8 Å². The number of amides is 2. The van der Waals surface area contributed by atoms with Crippen LogP contribution in [-0.4, -0.2) is 40.8 Å². The molecule has 17 heavy (non-hydrogen) atoms. The first kappa shape index (κ1) is 15.2. The molecule has 0 spiro atoms. The Morgan fingerprint density at radius 2 is 1.76 bits per heavy atom. The van der Waals surface area contributed by atoms with Gasteiger partial charge in [-0.2, -0.15) is 0 Å². The lowest BCUT2D eigenvalue weighted by Gasteiger charge is -2.15. The predicted octanol–water partition coefficient (Wildman–Crippen LogP) is 0.260. The molecule has 0 saturated heterocycles. The summed E-state index contributed by atoms with van der Waals surface area (Å²) in [6, 6.07) is -1.78. The van der Waals surface area contributed by atoms with Gasteiger partial charge in [0.1, 0.15) is 6.04 Å². The second-order valence-electron chi connectivity index (χ2n) is 4.07. The summed E-state index contributed by atoms with van der Waals surface area (Å²) < 4.78 is 0. The molecule has 1 atom stereocenters. The minimum atomic E-state index is -1.24. The number of hydrogen-bond acceptors (Lipinski definition) is 3. The maximum absolute atomic E-state index is 11.3. The molecular weight excluding hydrogens is 228 g/mol. The third-order valence-corrected chi connectivity index (χ3v) is 1.92. The van der Waals surface area contributed by atoms with Crippen LogP contribution in [-0.2, 0) is 9.59 Å². The predicted molar refractivity (Wildman–Crippen MR) is 59.7 cm³/mol. The van der Waals surface area contributed by atoms with Crippen molar-refractivity contribution in [3.63, 3.8) is 0 Å². The van der Waals surface area contributed by atoms with Crippen LogP contribution in [0.3, 0.4) is 0 Å². The third-order valence-electron chi connectivity index (χ3n) is 1.92. The van der Waals surface area contributed by atoms with Gasteiger partial charge in [-0.05, 0) is 12.3 Å². The Labute approximate surface area is 99.2 Å². The summed E-state index contributed by atoms with van der Waals surface area (Å²) >= 11 is 0. The summed E-state index contributed by atoms with van der Waals surface area (Å²) in [5.74, 6) is -2.09. The number of hydrogen-bond donors (Lipinski definition) is 4. The maximum atomic E-state index is 11.3. The summed E-state index contributed by atoms with van der Waals surface area (Å²) in [4.78, 5) is 32.3. The molecule has 0 rings (SSSR count). The minimum Gasteiger partial charge on any atom is -0.481 e. The molecular formula is C10H18N2O5. The van der Waals surface area contributed by atoms with E-state index in [0.29, 0.717) is 6.54 Å². The zero-order valence-electron chi connectivity index (χ0n) is 9.90. The topological polar surface area (TPSA) is 116 Å². The normalized spacial score (nSPS) is 11.9. The zero-order chi connectivity index (χ0) is 13.4. The number of rotatable bonds is 7. The fraction of sp³-hybridized carbons (Fsp3) is 0.700. The van der Waals surface area contributed by atoms with Crippen LogP contribution in [0, 0.1) is 5.92 Å². The SMILES string of the molecule is CC(C)CNC(=O)N[C@@H](CCC(=O)O)C(=O)O. The molecule has 0 aromatic rings. The number of urea groups is 1. The molecule has 0 heterocycles. The molecule has 7 nitrogen and oxygen atoms in total. The van der Waals surface area contributed by atoms with E-state index >= 15 is 0 Å². The number of carboxylic acids is 2. The van der Waals surface area contributed by atoms with E-state index in [4.69, 9.17) is 10.2 Å². The quantitative estimate of drug-likeness (QED) is 0.514. The van der Waals surface area contributed by atoms with Gasteiger partial charge >= 0.3 is 18.0 Å². The Hall–Kier alpha value is -1.79. The molecule has 0 fully saturated rings. The van der Waals surface area contributed by atoms with Crippen LogP contribution in [0.1, 0.15) is 26.7 Å². The Morgan fingerprint density at radius 3 is 2.18 bits per heavy atom. The van der Waals surface area contributed by atoms with Crippen LogP contribution in [0.5, 0.6) is 0 Å². The molecule has 98 valence electrons. The van der Waals surface area contributed by atoms with Crippen LogP contribution in [0.25, 0.3) is 0 Å². The monoisotopic (exact) mass is 246 g/mol. The van der Waals surface area contributed by atoms with Crippen LogP contribution < -0.4 is 10.6 Å². The minimum absolute atomic E-state index is 0.139. The van der Waals surface area contributed by atoms with Crippen LogP contribution >= 0.6 is 0 Å². The summed E-state index contributed by atoms with van der Waals surface area (Å²) in [5.41, 5.74) is 0. The number of carboxylic acid groups (broad SMARTS) is 2. The van der Waals surface area contributed by atoms with Gasteiger partial charge in [0.15, 0.2) is 0 Å². The average Bonchev–Trinajstić information content (AvgIpc) is 2.20. The highest BCUT2D eigenvalue weighted by Gasteiger charge is 2.20. The van der Waals surface area contributed by atoms with Gasteiger partial charge in [0.05, 0.1) is 0 Å².